The highest BCUT2D eigenvalue weighted by atomic mass is 16.3. The van der Waals surface area contributed by atoms with Crippen LogP contribution in [0.3, 0.4) is 0 Å². The van der Waals surface area contributed by atoms with Gasteiger partial charge in [0, 0.05) is 16.8 Å². The van der Waals surface area contributed by atoms with Gasteiger partial charge in [-0.25, -0.2) is 0 Å². The van der Waals surface area contributed by atoms with Crippen LogP contribution in [0.25, 0.3) is 6.08 Å². The van der Waals surface area contributed by atoms with Gasteiger partial charge in [-0.2, -0.15) is 0 Å². The number of carbonyl (C=O) groups is 1. The Labute approximate surface area is 143 Å². The topological polar surface area (TPSA) is 65.5 Å². The van der Waals surface area contributed by atoms with E-state index in [1.54, 1.807) is 13.0 Å². The normalized spacial score (nSPS) is 15.0. The second kappa shape index (κ2) is 6.87. The van der Waals surface area contributed by atoms with E-state index in [0.717, 1.165) is 22.4 Å². The number of carbonyl (C=O) groups excluding carboxylic acids is 1. The quantitative estimate of drug-likeness (QED) is 0.794. The number of rotatable bonds is 4. The maximum Gasteiger partial charge on any atom is 0.166 e. The number of aryl methyl sites for hydroxylation is 1. The first-order valence-corrected chi connectivity index (χ1v) is 7.92. The van der Waals surface area contributed by atoms with E-state index in [1.165, 1.54) is 0 Å². The minimum atomic E-state index is 0.0109. The molecule has 0 aromatic carbocycles. The van der Waals surface area contributed by atoms with Gasteiger partial charge in [-0.1, -0.05) is 29.9 Å². The lowest BCUT2D eigenvalue weighted by molar-refractivity contribution is -0.114. The fourth-order valence-corrected chi connectivity index (χ4v) is 2.52. The predicted octanol–water partition coefficient (Wildman–Crippen LogP) is 4.62. The van der Waals surface area contributed by atoms with Crippen LogP contribution >= 0.6 is 0 Å². The summed E-state index contributed by atoms with van der Waals surface area (Å²) >= 11 is 0. The second-order valence-electron chi connectivity index (χ2n) is 6.46. The monoisotopic (exact) mass is 324 g/mol. The Morgan fingerprint density at radius 3 is 2.54 bits per heavy atom. The first-order valence-electron chi connectivity index (χ1n) is 7.92. The lowest BCUT2D eigenvalue weighted by Crippen LogP contribution is -2.16. The molecular formula is C20H24N2O2. The van der Waals surface area contributed by atoms with Crippen LogP contribution in [0.4, 0.5) is 0 Å². The van der Waals surface area contributed by atoms with E-state index >= 15 is 0 Å². The van der Waals surface area contributed by atoms with Gasteiger partial charge in [0.15, 0.2) is 5.78 Å². The molecule has 2 rings (SSSR count). The molecule has 0 atom stereocenters. The number of H-pyrrole nitrogens is 1. The number of hydrogen-bond donors (Lipinski definition) is 2. The number of nitrogens with one attached hydrogen (secondary N) is 1. The highest BCUT2D eigenvalue weighted by molar-refractivity contribution is 6.18. The highest BCUT2D eigenvalue weighted by Crippen LogP contribution is 2.31. The number of aromatic amines is 1. The molecular weight excluding hydrogens is 300 g/mol. The van der Waals surface area contributed by atoms with Crippen LogP contribution in [-0.2, 0) is 4.79 Å². The lowest BCUT2D eigenvalue weighted by Gasteiger charge is -2.14. The SMILES string of the molecule is C=C(C)/C=C\C1=C(C)C(=O)CC(c2[nH]c(C)c(C=C(C)C)c2O)=N1. The number of ketones is 1. The number of nitrogens with zero attached hydrogens (tertiary/aromatic N) is 1. The van der Waals surface area contributed by atoms with Crippen molar-refractivity contribution in [1.82, 2.24) is 4.98 Å². The summed E-state index contributed by atoms with van der Waals surface area (Å²) in [6, 6.07) is 0. The maximum atomic E-state index is 12.3. The molecule has 1 aromatic rings. The van der Waals surface area contributed by atoms with Gasteiger partial charge in [-0.05, 0) is 40.7 Å². The molecule has 0 aliphatic carbocycles. The number of aromatic nitrogens is 1. The van der Waals surface area contributed by atoms with E-state index in [0.29, 0.717) is 22.7 Å². The van der Waals surface area contributed by atoms with Gasteiger partial charge in [0.1, 0.15) is 11.4 Å². The standard InChI is InChI=1S/C20H24N2O2/c1-11(2)7-8-16-13(5)18(23)10-17(22-16)19-20(24)15(9-12(3)4)14(6)21-19/h7-9,21,24H,1,10H2,2-6H3/b8-7-. The molecule has 1 aliphatic rings. The fourth-order valence-electron chi connectivity index (χ4n) is 2.52. The molecule has 0 spiro atoms. The summed E-state index contributed by atoms with van der Waals surface area (Å²) in [7, 11) is 0. The Hall–Kier alpha value is -2.62. The van der Waals surface area contributed by atoms with Gasteiger partial charge in [-0.15, -0.1) is 0 Å². The number of aliphatic imine (C=N–C) groups is 1. The number of allylic oxidation sites excluding steroid dienone is 5. The maximum absolute atomic E-state index is 12.3. The second-order valence-corrected chi connectivity index (χ2v) is 6.46. The molecule has 1 aliphatic heterocycles. The van der Waals surface area contributed by atoms with Crippen molar-refractivity contribution in [2.45, 2.75) is 41.0 Å². The third-order valence-corrected chi connectivity index (χ3v) is 3.84. The molecule has 0 amide bonds. The van der Waals surface area contributed by atoms with Crippen LogP contribution in [0.15, 0.2) is 46.1 Å². The average molecular weight is 324 g/mol. The van der Waals surface area contributed by atoms with Crippen LogP contribution < -0.4 is 0 Å². The average Bonchev–Trinajstić information content (AvgIpc) is 2.76. The highest BCUT2D eigenvalue weighted by Gasteiger charge is 2.24. The summed E-state index contributed by atoms with van der Waals surface area (Å²) in [5, 5.41) is 10.6. The summed E-state index contributed by atoms with van der Waals surface area (Å²) in [6.45, 7) is 13.3. The van der Waals surface area contributed by atoms with E-state index in [4.69, 9.17) is 0 Å². The molecule has 4 heteroatoms. The number of Topliss-reactive ketones (excluding diaryl/α,β-unsaturated/α-hetero) is 1. The van der Waals surface area contributed by atoms with Crippen LogP contribution in [0.1, 0.15) is 51.1 Å². The minimum Gasteiger partial charge on any atom is -0.505 e. The van der Waals surface area contributed by atoms with E-state index in [9.17, 15) is 9.90 Å². The van der Waals surface area contributed by atoms with Crippen molar-refractivity contribution in [1.29, 1.82) is 0 Å². The smallest absolute Gasteiger partial charge is 0.166 e. The van der Waals surface area contributed by atoms with Gasteiger partial charge in [-0.3, -0.25) is 9.79 Å². The van der Waals surface area contributed by atoms with Crippen molar-refractivity contribution >= 4 is 17.6 Å². The fraction of sp³-hybridized carbons (Fsp3) is 0.300. The molecule has 1 aromatic heterocycles. The van der Waals surface area contributed by atoms with Crippen LogP contribution in [0.5, 0.6) is 5.75 Å². The molecule has 24 heavy (non-hydrogen) atoms. The summed E-state index contributed by atoms with van der Waals surface area (Å²) in [5.74, 6) is 0.153. The molecule has 0 unspecified atom stereocenters. The Balaban J connectivity index is 2.53. The molecule has 0 radical (unpaired) electrons. The largest absolute Gasteiger partial charge is 0.505 e. The minimum absolute atomic E-state index is 0.0109. The van der Waals surface area contributed by atoms with E-state index in [1.807, 2.05) is 39.8 Å². The number of hydrogen-bond acceptors (Lipinski definition) is 3. The Kier molecular flexibility index (Phi) is 5.07. The van der Waals surface area contributed by atoms with E-state index in [2.05, 4.69) is 16.6 Å². The predicted molar refractivity (Wildman–Crippen MR) is 99.3 cm³/mol. The third kappa shape index (κ3) is 3.65. The van der Waals surface area contributed by atoms with Crippen LogP contribution in [0.2, 0.25) is 0 Å². The van der Waals surface area contributed by atoms with E-state index in [-0.39, 0.29) is 18.0 Å². The Morgan fingerprint density at radius 2 is 1.96 bits per heavy atom. The van der Waals surface area contributed by atoms with Gasteiger partial charge in [0.2, 0.25) is 0 Å². The van der Waals surface area contributed by atoms with Crippen molar-refractivity contribution in [2.24, 2.45) is 4.99 Å². The molecule has 0 bridgehead atoms. The molecule has 126 valence electrons. The molecule has 2 heterocycles. The van der Waals surface area contributed by atoms with Crippen molar-refractivity contribution in [2.75, 3.05) is 0 Å². The van der Waals surface area contributed by atoms with Gasteiger partial charge in [0.25, 0.3) is 0 Å². The van der Waals surface area contributed by atoms with Gasteiger partial charge in [0.05, 0.1) is 17.8 Å². The van der Waals surface area contributed by atoms with E-state index < -0.39 is 0 Å². The zero-order chi connectivity index (χ0) is 18.0. The summed E-state index contributed by atoms with van der Waals surface area (Å²) in [5.41, 5.74) is 5.87. The molecule has 4 nitrogen and oxygen atoms in total. The summed E-state index contributed by atoms with van der Waals surface area (Å²) < 4.78 is 0. The van der Waals surface area contributed by atoms with Crippen LogP contribution in [0, 0.1) is 6.92 Å². The third-order valence-electron chi connectivity index (χ3n) is 3.84. The molecule has 0 saturated heterocycles. The first kappa shape index (κ1) is 17.7. The van der Waals surface area contributed by atoms with Crippen molar-refractivity contribution < 1.29 is 9.90 Å². The zero-order valence-corrected chi connectivity index (χ0v) is 14.9. The Bertz CT molecular complexity index is 826. The molecule has 2 N–H and O–H groups in total. The number of aromatic hydroxyl groups is 1. The van der Waals surface area contributed by atoms with Crippen molar-refractivity contribution in [3.05, 3.63) is 58.1 Å². The zero-order valence-electron chi connectivity index (χ0n) is 14.9. The summed E-state index contributed by atoms with van der Waals surface area (Å²) in [6.07, 6.45) is 5.71. The lowest BCUT2D eigenvalue weighted by atomic mass is 9.98. The summed E-state index contributed by atoms with van der Waals surface area (Å²) in [4.78, 5) is 20.1. The van der Waals surface area contributed by atoms with Crippen LogP contribution in [-0.4, -0.2) is 21.6 Å². The molecule has 0 fully saturated rings. The Morgan fingerprint density at radius 1 is 1.29 bits per heavy atom. The van der Waals surface area contributed by atoms with Gasteiger partial charge < -0.3 is 10.1 Å². The first-order chi connectivity index (χ1) is 11.2. The van der Waals surface area contributed by atoms with Crippen molar-refractivity contribution in [3.8, 4) is 5.75 Å². The molecule has 0 saturated carbocycles. The van der Waals surface area contributed by atoms with Gasteiger partial charge >= 0.3 is 0 Å². The van der Waals surface area contributed by atoms with Crippen molar-refractivity contribution in [3.63, 3.8) is 0 Å².